The summed E-state index contributed by atoms with van der Waals surface area (Å²) in [6, 6.07) is 7.36. The maximum atomic E-state index is 12.2. The number of alkyl halides is 1. The molecule has 1 aliphatic rings. The minimum absolute atomic E-state index is 0.0509. The molecule has 1 amide bonds. The topological polar surface area (TPSA) is 47.6 Å². The summed E-state index contributed by atoms with van der Waals surface area (Å²) >= 11 is 6.05. The van der Waals surface area contributed by atoms with Crippen molar-refractivity contribution in [1.82, 2.24) is 5.32 Å². The average Bonchev–Trinajstić information content (AvgIpc) is 2.56. The molecular weight excluding hydrogens is 290 g/mol. The Balaban J connectivity index is 1.93. The lowest BCUT2D eigenvalue weighted by Gasteiger charge is -2.31. The Bertz CT molecular complexity index is 480. The van der Waals surface area contributed by atoms with E-state index >= 15 is 0 Å². The average molecular weight is 312 g/mol. The Morgan fingerprint density at radius 1 is 1.33 bits per heavy atom. The molecule has 5 heteroatoms. The second kappa shape index (κ2) is 7.03. The van der Waals surface area contributed by atoms with Gasteiger partial charge in [0.25, 0.3) is 5.91 Å². The third-order valence-electron chi connectivity index (χ3n) is 4.22. The van der Waals surface area contributed by atoms with Gasteiger partial charge in [-0.25, -0.2) is 0 Å². The smallest absolute Gasteiger partial charge is 0.264 e. The summed E-state index contributed by atoms with van der Waals surface area (Å²) in [7, 11) is 0. The number of halogens is 1. The molecule has 0 radical (unpaired) electrons. The zero-order chi connectivity index (χ0) is 15.3. The van der Waals surface area contributed by atoms with Gasteiger partial charge in [-0.05, 0) is 25.0 Å². The quantitative estimate of drug-likeness (QED) is 0.822. The van der Waals surface area contributed by atoms with E-state index in [4.69, 9.17) is 21.1 Å². The molecule has 0 aliphatic carbocycles. The number of hydrogen-bond acceptors (Lipinski definition) is 3. The highest BCUT2D eigenvalue weighted by molar-refractivity contribution is 6.18. The molecule has 1 aromatic carbocycles. The number of rotatable bonds is 6. The van der Waals surface area contributed by atoms with Gasteiger partial charge in [0.05, 0.1) is 0 Å². The van der Waals surface area contributed by atoms with Crippen molar-refractivity contribution in [3.8, 4) is 11.5 Å². The van der Waals surface area contributed by atoms with Crippen molar-refractivity contribution >= 4 is 17.5 Å². The largest absolute Gasteiger partial charge is 0.485 e. The summed E-state index contributed by atoms with van der Waals surface area (Å²) < 4.78 is 11.2. The number of ether oxygens (including phenoxy) is 2. The van der Waals surface area contributed by atoms with Crippen LogP contribution in [0.25, 0.3) is 0 Å². The van der Waals surface area contributed by atoms with Crippen LogP contribution < -0.4 is 14.8 Å². The number of amides is 1. The van der Waals surface area contributed by atoms with Crippen LogP contribution in [-0.2, 0) is 4.79 Å². The van der Waals surface area contributed by atoms with Gasteiger partial charge in [-0.1, -0.05) is 26.0 Å². The molecule has 116 valence electrons. The molecule has 1 atom stereocenters. The van der Waals surface area contributed by atoms with E-state index < -0.39 is 6.10 Å². The fourth-order valence-electron chi connectivity index (χ4n) is 2.27. The highest BCUT2D eigenvalue weighted by Crippen LogP contribution is 2.31. The number of nitrogens with one attached hydrogen (secondary N) is 1. The van der Waals surface area contributed by atoms with Gasteiger partial charge in [-0.15, -0.1) is 11.6 Å². The van der Waals surface area contributed by atoms with E-state index in [1.165, 1.54) is 0 Å². The van der Waals surface area contributed by atoms with E-state index in [1.54, 1.807) is 6.07 Å². The van der Waals surface area contributed by atoms with Crippen LogP contribution in [0.15, 0.2) is 24.3 Å². The van der Waals surface area contributed by atoms with E-state index in [0.29, 0.717) is 23.9 Å². The molecule has 0 saturated carbocycles. The second-order valence-corrected chi connectivity index (χ2v) is 5.69. The van der Waals surface area contributed by atoms with Crippen molar-refractivity contribution in [2.75, 3.05) is 19.0 Å². The Kier molecular flexibility index (Phi) is 5.34. The molecule has 1 heterocycles. The van der Waals surface area contributed by atoms with Gasteiger partial charge in [-0.2, -0.15) is 0 Å². The highest BCUT2D eigenvalue weighted by Gasteiger charge is 2.30. The van der Waals surface area contributed by atoms with Gasteiger partial charge in [0.2, 0.25) is 6.10 Å². The Hall–Kier alpha value is -1.42. The molecule has 0 spiro atoms. The predicted molar refractivity (Wildman–Crippen MR) is 83.1 cm³/mol. The monoisotopic (exact) mass is 311 g/mol. The van der Waals surface area contributed by atoms with Crippen molar-refractivity contribution in [3.05, 3.63) is 24.3 Å². The van der Waals surface area contributed by atoms with Gasteiger partial charge < -0.3 is 14.8 Å². The maximum Gasteiger partial charge on any atom is 0.264 e. The van der Waals surface area contributed by atoms with Crippen molar-refractivity contribution in [2.24, 2.45) is 5.41 Å². The lowest BCUT2D eigenvalue weighted by atomic mass is 9.84. The van der Waals surface area contributed by atoms with E-state index in [-0.39, 0.29) is 17.9 Å². The molecule has 1 aromatic rings. The van der Waals surface area contributed by atoms with E-state index in [1.807, 2.05) is 18.2 Å². The number of carbonyl (C=O) groups is 1. The molecular formula is C16H22ClNO3. The number of carbonyl (C=O) groups excluding carboxylic acids is 1. The first-order valence-electron chi connectivity index (χ1n) is 7.36. The van der Waals surface area contributed by atoms with Crippen LogP contribution in [0, 0.1) is 5.41 Å². The van der Waals surface area contributed by atoms with E-state index in [2.05, 4.69) is 19.2 Å². The molecule has 0 fully saturated rings. The summed E-state index contributed by atoms with van der Waals surface area (Å²) in [4.78, 5) is 12.2. The summed E-state index contributed by atoms with van der Waals surface area (Å²) in [6.45, 7) is 4.97. The molecule has 21 heavy (non-hydrogen) atoms. The first-order valence-corrected chi connectivity index (χ1v) is 7.89. The normalized spacial score (nSPS) is 17.4. The first-order chi connectivity index (χ1) is 10.1. The van der Waals surface area contributed by atoms with Crippen LogP contribution >= 0.6 is 11.6 Å². The van der Waals surface area contributed by atoms with Gasteiger partial charge >= 0.3 is 0 Å². The Morgan fingerprint density at radius 3 is 2.62 bits per heavy atom. The summed E-state index contributed by atoms with van der Waals surface area (Å²) in [5.74, 6) is 1.67. The fraction of sp³-hybridized carbons (Fsp3) is 0.562. The number of para-hydroxylation sites is 2. The Morgan fingerprint density at radius 2 is 2.00 bits per heavy atom. The van der Waals surface area contributed by atoms with Crippen LogP contribution in [0.1, 0.15) is 26.7 Å². The molecule has 1 aliphatic heterocycles. The summed E-state index contributed by atoms with van der Waals surface area (Å²) in [6.07, 6.45) is 1.25. The number of benzene rings is 1. The lowest BCUT2D eigenvalue weighted by molar-refractivity contribution is -0.130. The zero-order valence-electron chi connectivity index (χ0n) is 12.5. The minimum atomic E-state index is -0.610. The van der Waals surface area contributed by atoms with Crippen molar-refractivity contribution in [3.63, 3.8) is 0 Å². The van der Waals surface area contributed by atoms with Crippen molar-refractivity contribution < 1.29 is 14.3 Å². The van der Waals surface area contributed by atoms with Crippen molar-refractivity contribution in [1.29, 1.82) is 0 Å². The first kappa shape index (κ1) is 16.0. The number of fused-ring (bicyclic) bond motifs is 1. The molecule has 0 bridgehead atoms. The maximum absolute atomic E-state index is 12.2. The fourth-order valence-corrected chi connectivity index (χ4v) is 2.75. The standard InChI is InChI=1S/C16H22ClNO3/c1-3-16(4-2,10-17)11-18-15(19)14-9-20-12-7-5-6-8-13(12)21-14/h5-8,14H,3-4,9-11H2,1-2H3,(H,18,19). The highest BCUT2D eigenvalue weighted by atomic mass is 35.5. The zero-order valence-corrected chi connectivity index (χ0v) is 13.3. The summed E-state index contributed by atoms with van der Waals surface area (Å²) in [5, 5.41) is 2.95. The van der Waals surface area contributed by atoms with Crippen LogP contribution in [0.5, 0.6) is 11.5 Å². The van der Waals surface area contributed by atoms with Gasteiger partial charge in [0, 0.05) is 17.8 Å². The van der Waals surface area contributed by atoms with E-state index in [0.717, 1.165) is 12.8 Å². The molecule has 1 N–H and O–H groups in total. The van der Waals surface area contributed by atoms with Gasteiger partial charge in [-0.3, -0.25) is 4.79 Å². The third-order valence-corrected chi connectivity index (χ3v) is 4.79. The second-order valence-electron chi connectivity index (χ2n) is 5.42. The minimum Gasteiger partial charge on any atom is -0.485 e. The van der Waals surface area contributed by atoms with E-state index in [9.17, 15) is 4.79 Å². The molecule has 0 saturated heterocycles. The van der Waals surface area contributed by atoms with Crippen molar-refractivity contribution in [2.45, 2.75) is 32.8 Å². The Labute approximate surface area is 130 Å². The molecule has 2 rings (SSSR count). The summed E-state index contributed by atoms with van der Waals surface area (Å²) in [5.41, 5.74) is -0.0509. The van der Waals surface area contributed by atoms with Gasteiger partial charge in [0.1, 0.15) is 6.61 Å². The molecule has 4 nitrogen and oxygen atoms in total. The molecule has 0 aromatic heterocycles. The number of hydrogen-bond donors (Lipinski definition) is 1. The SMILES string of the molecule is CCC(CC)(CCl)CNC(=O)C1COc2ccccc2O1. The van der Waals surface area contributed by atoms with Crippen LogP contribution in [0.2, 0.25) is 0 Å². The lowest BCUT2D eigenvalue weighted by Crippen LogP contribution is -2.47. The van der Waals surface area contributed by atoms with Crippen LogP contribution in [0.3, 0.4) is 0 Å². The molecule has 1 unspecified atom stereocenters. The van der Waals surface area contributed by atoms with Gasteiger partial charge in [0.15, 0.2) is 11.5 Å². The van der Waals surface area contributed by atoms with Crippen LogP contribution in [0.4, 0.5) is 0 Å². The third kappa shape index (κ3) is 3.62. The van der Waals surface area contributed by atoms with Crippen LogP contribution in [-0.4, -0.2) is 31.0 Å². The predicted octanol–water partition coefficient (Wildman–Crippen LogP) is 2.99.